The smallest absolute Gasteiger partial charge is 0.326 e. The van der Waals surface area contributed by atoms with Gasteiger partial charge in [-0.2, -0.15) is 0 Å². The molecule has 32 heavy (non-hydrogen) atoms. The molecule has 2 atom stereocenters. The van der Waals surface area contributed by atoms with Crippen LogP contribution < -0.4 is 5.32 Å². The van der Waals surface area contributed by atoms with Crippen LogP contribution in [0.25, 0.3) is 11.1 Å². The number of rotatable bonds is 4. The summed E-state index contributed by atoms with van der Waals surface area (Å²) >= 11 is 0. The molecule has 1 unspecified atom stereocenters. The Morgan fingerprint density at radius 2 is 1.81 bits per heavy atom. The third-order valence-corrected chi connectivity index (χ3v) is 6.61. The maximum atomic E-state index is 12.8. The van der Waals surface area contributed by atoms with Gasteiger partial charge in [0.1, 0.15) is 6.04 Å². The molecule has 2 N–H and O–H groups in total. The summed E-state index contributed by atoms with van der Waals surface area (Å²) in [6.45, 7) is 2.61. The number of hydrogen-bond donors (Lipinski definition) is 2. The molecular formula is C24H24N2O6. The van der Waals surface area contributed by atoms with E-state index < -0.39 is 23.7 Å². The molecule has 0 radical (unpaired) electrons. The highest BCUT2D eigenvalue weighted by atomic mass is 16.7. The van der Waals surface area contributed by atoms with Crippen molar-refractivity contribution in [1.82, 2.24) is 10.2 Å². The molecule has 2 heterocycles. The summed E-state index contributed by atoms with van der Waals surface area (Å²) in [5, 5.41) is 12.2. The van der Waals surface area contributed by atoms with E-state index in [0.29, 0.717) is 18.8 Å². The summed E-state index contributed by atoms with van der Waals surface area (Å²) in [6.07, 6.45) is 0.0738. The minimum absolute atomic E-state index is 0.0339. The normalized spacial score (nSPS) is 22.6. The van der Waals surface area contributed by atoms with E-state index in [0.717, 1.165) is 11.1 Å². The zero-order valence-electron chi connectivity index (χ0n) is 17.7. The maximum Gasteiger partial charge on any atom is 0.326 e. The molecule has 8 heteroatoms. The molecule has 2 saturated heterocycles. The Bertz CT molecular complexity index is 1110. The minimum Gasteiger partial charge on any atom is -0.480 e. The Morgan fingerprint density at radius 1 is 1.09 bits per heavy atom. The maximum absolute atomic E-state index is 12.8. The summed E-state index contributed by atoms with van der Waals surface area (Å²) < 4.78 is 11.1. The molecular weight excluding hydrogens is 412 g/mol. The monoisotopic (exact) mass is 436 g/mol. The van der Waals surface area contributed by atoms with Crippen molar-refractivity contribution in [2.45, 2.75) is 31.1 Å². The van der Waals surface area contributed by atoms with Crippen LogP contribution in [-0.4, -0.2) is 65.9 Å². The van der Waals surface area contributed by atoms with E-state index in [2.05, 4.69) is 18.3 Å². The highest BCUT2D eigenvalue weighted by Gasteiger charge is 2.52. The second-order valence-corrected chi connectivity index (χ2v) is 8.48. The van der Waals surface area contributed by atoms with Crippen LogP contribution in [0.2, 0.25) is 0 Å². The molecule has 3 aliphatic rings. The number of carboxylic acid groups (broad SMARTS) is 1. The van der Waals surface area contributed by atoms with Crippen molar-refractivity contribution >= 4 is 17.8 Å². The number of hydrogen-bond acceptors (Lipinski definition) is 5. The number of aliphatic carboxylic acids is 1. The van der Waals surface area contributed by atoms with Crippen molar-refractivity contribution in [3.63, 3.8) is 0 Å². The molecule has 2 aromatic rings. The lowest BCUT2D eigenvalue weighted by molar-refractivity contribution is -0.152. The molecule has 166 valence electrons. The number of nitrogens with one attached hydrogen (secondary N) is 1. The first-order valence-corrected chi connectivity index (χ1v) is 10.7. The molecule has 2 aliphatic heterocycles. The molecule has 0 aromatic heterocycles. The number of fused-ring (bicyclic) bond motifs is 3. The fraction of sp³-hybridized carbons (Fsp3) is 0.375. The van der Waals surface area contributed by atoms with E-state index in [4.69, 9.17) is 9.47 Å². The fourth-order valence-electron chi connectivity index (χ4n) is 4.98. The molecule has 2 fully saturated rings. The van der Waals surface area contributed by atoms with E-state index in [1.165, 1.54) is 16.0 Å². The van der Waals surface area contributed by atoms with Crippen LogP contribution >= 0.6 is 0 Å². The summed E-state index contributed by atoms with van der Waals surface area (Å²) in [5.74, 6) is -2.79. The van der Waals surface area contributed by atoms with Crippen molar-refractivity contribution in [2.24, 2.45) is 0 Å². The molecule has 2 amide bonds. The average Bonchev–Trinajstić information content (AvgIpc) is 3.50. The van der Waals surface area contributed by atoms with Gasteiger partial charge in [-0.3, -0.25) is 9.59 Å². The van der Waals surface area contributed by atoms with Crippen LogP contribution in [0, 0.1) is 0 Å². The first kappa shape index (κ1) is 20.7. The third-order valence-electron chi connectivity index (χ3n) is 6.61. The highest BCUT2D eigenvalue weighted by Crippen LogP contribution is 2.44. The number of carboxylic acids is 1. The van der Waals surface area contributed by atoms with Gasteiger partial charge >= 0.3 is 5.97 Å². The summed E-state index contributed by atoms with van der Waals surface area (Å²) in [6, 6.07) is 12.6. The third kappa shape index (κ3) is 3.36. The number of likely N-dealkylation sites (tertiary alicyclic amines) is 1. The zero-order valence-corrected chi connectivity index (χ0v) is 17.7. The highest BCUT2D eigenvalue weighted by molar-refractivity contribution is 5.98. The van der Waals surface area contributed by atoms with E-state index in [9.17, 15) is 19.5 Å². The standard InChI is InChI=1S/C24H24N2O6/c1-14-16-4-2-3-5-18(16)19-10-15(6-7-17(14)19)22(28)25-12-21(27)26-13-24(31-8-9-32-24)11-20(26)23(29)30/h2-7,10,14,20H,8-9,11-13H2,1H3,(H,25,28)(H,29,30)/t14?,20-/m0/s1. The largest absolute Gasteiger partial charge is 0.480 e. The Labute approximate surface area is 185 Å². The number of benzene rings is 2. The van der Waals surface area contributed by atoms with Crippen LogP contribution in [0.1, 0.15) is 40.7 Å². The Kier molecular flexibility index (Phi) is 4.98. The molecule has 0 saturated carbocycles. The summed E-state index contributed by atoms with van der Waals surface area (Å²) in [4.78, 5) is 38.4. The molecule has 5 rings (SSSR count). The number of carbonyl (C=O) groups excluding carboxylic acids is 2. The van der Waals surface area contributed by atoms with Gasteiger partial charge in [0.05, 0.1) is 26.3 Å². The van der Waals surface area contributed by atoms with Crippen molar-refractivity contribution in [3.05, 3.63) is 59.2 Å². The van der Waals surface area contributed by atoms with Gasteiger partial charge in [0, 0.05) is 17.9 Å². The number of carbonyl (C=O) groups is 3. The second-order valence-electron chi connectivity index (χ2n) is 8.48. The molecule has 8 nitrogen and oxygen atoms in total. The van der Waals surface area contributed by atoms with Crippen LogP contribution in [0.3, 0.4) is 0 Å². The number of ether oxygens (including phenoxy) is 2. The first-order chi connectivity index (χ1) is 15.4. The Hall–Kier alpha value is -3.23. The second kappa shape index (κ2) is 7.72. The van der Waals surface area contributed by atoms with Crippen LogP contribution in [0.4, 0.5) is 0 Å². The lowest BCUT2D eigenvalue weighted by atomic mass is 9.98. The average molecular weight is 436 g/mol. The lowest BCUT2D eigenvalue weighted by Crippen LogP contribution is -2.46. The van der Waals surface area contributed by atoms with Crippen LogP contribution in [-0.2, 0) is 19.1 Å². The van der Waals surface area contributed by atoms with Crippen molar-refractivity contribution < 1.29 is 29.0 Å². The minimum atomic E-state index is -1.12. The van der Waals surface area contributed by atoms with E-state index in [1.807, 2.05) is 30.3 Å². The molecule has 1 spiro atoms. The van der Waals surface area contributed by atoms with Gasteiger partial charge in [0.15, 0.2) is 5.79 Å². The molecule has 0 bridgehead atoms. The van der Waals surface area contributed by atoms with Gasteiger partial charge in [-0.1, -0.05) is 37.3 Å². The topological polar surface area (TPSA) is 105 Å². The summed E-state index contributed by atoms with van der Waals surface area (Å²) in [7, 11) is 0. The van der Waals surface area contributed by atoms with Crippen molar-refractivity contribution in [3.8, 4) is 11.1 Å². The van der Waals surface area contributed by atoms with Crippen LogP contribution in [0.5, 0.6) is 0 Å². The number of amides is 2. The first-order valence-electron chi connectivity index (χ1n) is 10.7. The van der Waals surface area contributed by atoms with Gasteiger partial charge in [0.2, 0.25) is 5.91 Å². The van der Waals surface area contributed by atoms with E-state index >= 15 is 0 Å². The Balaban J connectivity index is 1.29. The van der Waals surface area contributed by atoms with E-state index in [-0.39, 0.29) is 31.3 Å². The Morgan fingerprint density at radius 3 is 2.56 bits per heavy atom. The summed E-state index contributed by atoms with van der Waals surface area (Å²) in [5.41, 5.74) is 4.99. The number of nitrogens with zero attached hydrogens (tertiary/aromatic N) is 1. The van der Waals surface area contributed by atoms with Gasteiger partial charge in [-0.15, -0.1) is 0 Å². The SMILES string of the molecule is CC1c2ccccc2-c2cc(C(=O)NCC(=O)N3CC4(C[C@H]3C(=O)O)OCCO4)ccc21. The quantitative estimate of drug-likeness (QED) is 0.759. The van der Waals surface area contributed by atoms with Crippen LogP contribution in [0.15, 0.2) is 42.5 Å². The van der Waals surface area contributed by atoms with Gasteiger partial charge in [-0.05, 0) is 34.4 Å². The molecule has 1 aliphatic carbocycles. The predicted octanol–water partition coefficient (Wildman–Crippen LogP) is 1.98. The fourth-order valence-corrected chi connectivity index (χ4v) is 4.98. The predicted molar refractivity (Wildman–Crippen MR) is 114 cm³/mol. The zero-order chi connectivity index (χ0) is 22.5. The molecule has 2 aromatic carbocycles. The lowest BCUT2D eigenvalue weighted by Gasteiger charge is -2.23. The van der Waals surface area contributed by atoms with E-state index in [1.54, 1.807) is 6.07 Å². The van der Waals surface area contributed by atoms with Crippen molar-refractivity contribution in [1.29, 1.82) is 0 Å². The van der Waals surface area contributed by atoms with Gasteiger partial charge in [0.25, 0.3) is 5.91 Å². The van der Waals surface area contributed by atoms with Gasteiger partial charge in [-0.25, -0.2) is 4.79 Å². The van der Waals surface area contributed by atoms with Gasteiger partial charge < -0.3 is 24.8 Å². The van der Waals surface area contributed by atoms with Crippen molar-refractivity contribution in [2.75, 3.05) is 26.3 Å².